The van der Waals surface area contributed by atoms with Gasteiger partial charge in [0.1, 0.15) is 0 Å². The van der Waals surface area contributed by atoms with Crippen LogP contribution in [0.25, 0.3) is 11.1 Å². The molecule has 1 aliphatic rings. The lowest BCUT2D eigenvalue weighted by molar-refractivity contribution is 0.301. The molecule has 0 aliphatic heterocycles. The molecule has 3 heteroatoms. The fraction of sp³-hybridized carbons (Fsp3) is 0.440. The predicted molar refractivity (Wildman–Crippen MR) is 117 cm³/mol. The summed E-state index contributed by atoms with van der Waals surface area (Å²) in [5.41, 5.74) is 3.03. The Morgan fingerprint density at radius 2 is 1.82 bits per heavy atom. The largest absolute Gasteiger partial charge is 0.490 e. The summed E-state index contributed by atoms with van der Waals surface area (Å²) in [5.74, 6) is 1.23. The van der Waals surface area contributed by atoms with Crippen molar-refractivity contribution in [1.82, 2.24) is 0 Å². The SMILES string of the molecule is C=CCCC1CCC(c2ccc(-c3ccc(OCCC)c(F)c3Cl)cc2)CC1. The molecule has 28 heavy (non-hydrogen) atoms. The number of halogens is 2. The van der Waals surface area contributed by atoms with Crippen LogP contribution in [0.2, 0.25) is 5.02 Å². The lowest BCUT2D eigenvalue weighted by Crippen LogP contribution is -2.13. The van der Waals surface area contributed by atoms with Crippen molar-refractivity contribution in [2.24, 2.45) is 5.92 Å². The molecule has 0 heterocycles. The average molecular weight is 401 g/mol. The molecule has 2 aromatic rings. The van der Waals surface area contributed by atoms with Crippen molar-refractivity contribution in [2.75, 3.05) is 6.61 Å². The standard InChI is InChI=1S/C25H30ClFO/c1-3-5-6-18-7-9-19(10-8-18)20-11-13-21(14-12-20)22-15-16-23(28-17-4-2)25(27)24(22)26/h3,11-16,18-19H,1,4-10,17H2,2H3. The zero-order valence-corrected chi connectivity index (χ0v) is 17.5. The molecular formula is C25H30ClFO. The summed E-state index contributed by atoms with van der Waals surface area (Å²) < 4.78 is 19.9. The van der Waals surface area contributed by atoms with E-state index in [1.807, 2.05) is 19.1 Å². The zero-order valence-electron chi connectivity index (χ0n) is 16.7. The highest BCUT2D eigenvalue weighted by Gasteiger charge is 2.22. The summed E-state index contributed by atoms with van der Waals surface area (Å²) in [5, 5.41) is 0.129. The molecule has 1 nitrogen and oxygen atoms in total. The first-order valence-corrected chi connectivity index (χ1v) is 10.8. The first-order valence-electron chi connectivity index (χ1n) is 10.5. The van der Waals surface area contributed by atoms with Gasteiger partial charge in [0, 0.05) is 5.56 Å². The van der Waals surface area contributed by atoms with Gasteiger partial charge in [-0.25, -0.2) is 4.39 Å². The van der Waals surface area contributed by atoms with E-state index in [0.29, 0.717) is 18.1 Å². The van der Waals surface area contributed by atoms with E-state index in [9.17, 15) is 4.39 Å². The molecule has 2 aromatic carbocycles. The number of rotatable bonds is 8. The van der Waals surface area contributed by atoms with Crippen LogP contribution in [-0.4, -0.2) is 6.61 Å². The molecule has 1 aliphatic carbocycles. The van der Waals surface area contributed by atoms with Crippen LogP contribution in [0.15, 0.2) is 49.1 Å². The molecule has 3 rings (SSSR count). The minimum atomic E-state index is -0.477. The maximum atomic E-state index is 14.5. The van der Waals surface area contributed by atoms with Gasteiger partial charge in [-0.1, -0.05) is 48.9 Å². The highest BCUT2D eigenvalue weighted by molar-refractivity contribution is 6.33. The van der Waals surface area contributed by atoms with Gasteiger partial charge >= 0.3 is 0 Å². The fourth-order valence-electron chi connectivity index (χ4n) is 4.15. The Kier molecular flexibility index (Phi) is 7.56. The van der Waals surface area contributed by atoms with E-state index in [0.717, 1.165) is 24.3 Å². The number of benzene rings is 2. The predicted octanol–water partition coefficient (Wildman–Crippen LogP) is 8.17. The summed E-state index contributed by atoms with van der Waals surface area (Å²) in [6.45, 7) is 6.30. The lowest BCUT2D eigenvalue weighted by atomic mass is 9.77. The molecule has 0 N–H and O–H groups in total. The van der Waals surface area contributed by atoms with Crippen molar-refractivity contribution >= 4 is 11.6 Å². The van der Waals surface area contributed by atoms with E-state index >= 15 is 0 Å². The van der Waals surface area contributed by atoms with Crippen molar-refractivity contribution in [3.8, 4) is 16.9 Å². The van der Waals surface area contributed by atoms with Gasteiger partial charge in [-0.15, -0.1) is 6.58 Å². The van der Waals surface area contributed by atoms with Gasteiger partial charge in [0.15, 0.2) is 11.6 Å². The van der Waals surface area contributed by atoms with Gasteiger partial charge in [0.25, 0.3) is 0 Å². The van der Waals surface area contributed by atoms with Crippen LogP contribution < -0.4 is 4.74 Å². The van der Waals surface area contributed by atoms with Crippen LogP contribution in [-0.2, 0) is 0 Å². The van der Waals surface area contributed by atoms with Crippen LogP contribution in [0, 0.1) is 11.7 Å². The maximum Gasteiger partial charge on any atom is 0.184 e. The molecule has 1 fully saturated rings. The second-order valence-electron chi connectivity index (χ2n) is 7.79. The molecule has 0 saturated heterocycles. The summed E-state index contributed by atoms with van der Waals surface area (Å²) in [7, 11) is 0. The smallest absolute Gasteiger partial charge is 0.184 e. The number of allylic oxidation sites excluding steroid dienone is 1. The summed E-state index contributed by atoms with van der Waals surface area (Å²) in [4.78, 5) is 0. The van der Waals surface area contributed by atoms with E-state index in [1.165, 1.54) is 37.7 Å². The first kappa shape index (κ1) is 20.9. The Labute approximate surface area is 173 Å². The molecule has 0 radical (unpaired) electrons. The Bertz CT molecular complexity index is 776. The Morgan fingerprint density at radius 1 is 1.11 bits per heavy atom. The number of ether oxygens (including phenoxy) is 1. The second kappa shape index (κ2) is 10.1. The number of hydrogen-bond acceptors (Lipinski definition) is 1. The molecule has 1 saturated carbocycles. The topological polar surface area (TPSA) is 9.23 Å². The third-order valence-corrected chi connectivity index (χ3v) is 6.20. The number of hydrogen-bond donors (Lipinski definition) is 0. The van der Waals surface area contributed by atoms with Gasteiger partial charge in [0.05, 0.1) is 11.6 Å². The lowest BCUT2D eigenvalue weighted by Gasteiger charge is -2.28. The Hall–Kier alpha value is -1.80. The molecule has 0 atom stereocenters. The van der Waals surface area contributed by atoms with E-state index in [-0.39, 0.29) is 10.8 Å². The summed E-state index contributed by atoms with van der Waals surface area (Å²) in [6.07, 6.45) is 10.4. The maximum absolute atomic E-state index is 14.5. The first-order chi connectivity index (χ1) is 13.6. The van der Waals surface area contributed by atoms with Crippen LogP contribution >= 0.6 is 11.6 Å². The molecule has 0 unspecified atom stereocenters. The van der Waals surface area contributed by atoms with Gasteiger partial charge in [0.2, 0.25) is 0 Å². The minimum Gasteiger partial charge on any atom is -0.490 e. The van der Waals surface area contributed by atoms with Crippen molar-refractivity contribution in [3.05, 3.63) is 65.5 Å². The van der Waals surface area contributed by atoms with Crippen LogP contribution in [0.4, 0.5) is 4.39 Å². The van der Waals surface area contributed by atoms with E-state index < -0.39 is 5.82 Å². The van der Waals surface area contributed by atoms with Crippen molar-refractivity contribution in [1.29, 1.82) is 0 Å². The van der Waals surface area contributed by atoms with Gasteiger partial charge in [-0.2, -0.15) is 0 Å². The quantitative estimate of drug-likeness (QED) is 0.406. The van der Waals surface area contributed by atoms with Crippen LogP contribution in [0.1, 0.15) is 63.4 Å². The van der Waals surface area contributed by atoms with E-state index in [4.69, 9.17) is 16.3 Å². The van der Waals surface area contributed by atoms with Crippen molar-refractivity contribution < 1.29 is 9.13 Å². The Balaban J connectivity index is 1.68. The normalized spacial score (nSPS) is 19.4. The molecule has 0 bridgehead atoms. The molecule has 150 valence electrons. The van der Waals surface area contributed by atoms with Crippen molar-refractivity contribution in [3.63, 3.8) is 0 Å². The molecule has 0 amide bonds. The van der Waals surface area contributed by atoms with E-state index in [1.54, 1.807) is 6.07 Å². The Morgan fingerprint density at radius 3 is 2.46 bits per heavy atom. The summed E-state index contributed by atoms with van der Waals surface area (Å²) in [6, 6.07) is 12.0. The second-order valence-corrected chi connectivity index (χ2v) is 8.17. The monoisotopic (exact) mass is 400 g/mol. The average Bonchev–Trinajstić information content (AvgIpc) is 2.74. The highest BCUT2D eigenvalue weighted by Crippen LogP contribution is 2.39. The van der Waals surface area contributed by atoms with Crippen LogP contribution in [0.5, 0.6) is 5.75 Å². The fourth-order valence-corrected chi connectivity index (χ4v) is 4.42. The molecule has 0 aromatic heterocycles. The van der Waals surface area contributed by atoms with Gasteiger partial charge in [-0.3, -0.25) is 0 Å². The molecular weight excluding hydrogens is 371 g/mol. The minimum absolute atomic E-state index is 0.129. The van der Waals surface area contributed by atoms with Gasteiger partial charge < -0.3 is 4.74 Å². The van der Waals surface area contributed by atoms with Crippen molar-refractivity contribution in [2.45, 2.75) is 57.8 Å². The highest BCUT2D eigenvalue weighted by atomic mass is 35.5. The third-order valence-electron chi connectivity index (χ3n) is 5.83. The zero-order chi connectivity index (χ0) is 19.9. The molecule has 0 spiro atoms. The van der Waals surface area contributed by atoms with Crippen LogP contribution in [0.3, 0.4) is 0 Å². The third kappa shape index (κ3) is 4.97. The van der Waals surface area contributed by atoms with Gasteiger partial charge in [-0.05, 0) is 80.0 Å². The summed E-state index contributed by atoms with van der Waals surface area (Å²) >= 11 is 6.30. The van der Waals surface area contributed by atoms with E-state index in [2.05, 4.69) is 30.8 Å².